The zero-order valence-electron chi connectivity index (χ0n) is 8.90. The zero-order chi connectivity index (χ0) is 11.5. The van der Waals surface area contributed by atoms with Crippen LogP contribution >= 0.6 is 11.6 Å². The van der Waals surface area contributed by atoms with Crippen molar-refractivity contribution in [2.45, 2.75) is 6.42 Å². The molecule has 1 aliphatic heterocycles. The van der Waals surface area contributed by atoms with Crippen LogP contribution in [0.5, 0.6) is 0 Å². The quantitative estimate of drug-likeness (QED) is 0.820. The summed E-state index contributed by atoms with van der Waals surface area (Å²) in [6.07, 6.45) is 1.77. The van der Waals surface area contributed by atoms with Crippen LogP contribution in [-0.4, -0.2) is 31.1 Å². The standard InChI is InChI=1S/C12H14ClNO2/c13-11-3-1-2-10(8-16)12(11)14-5-4-9(6-14)7-15/h1-3,8-9,15H,4-7H2. The second-order valence-corrected chi connectivity index (χ2v) is 4.49. The predicted octanol–water partition coefficient (Wildman–Crippen LogP) is 1.97. The first-order chi connectivity index (χ1) is 7.76. The number of aliphatic hydroxyl groups is 1. The number of hydrogen-bond donors (Lipinski definition) is 1. The average Bonchev–Trinajstić information content (AvgIpc) is 2.76. The van der Waals surface area contributed by atoms with Gasteiger partial charge in [0.05, 0.1) is 10.7 Å². The largest absolute Gasteiger partial charge is 0.396 e. The van der Waals surface area contributed by atoms with Crippen molar-refractivity contribution in [1.82, 2.24) is 0 Å². The fourth-order valence-electron chi connectivity index (χ4n) is 2.15. The van der Waals surface area contributed by atoms with Gasteiger partial charge < -0.3 is 10.0 Å². The van der Waals surface area contributed by atoms with Gasteiger partial charge in [0.15, 0.2) is 6.29 Å². The van der Waals surface area contributed by atoms with Gasteiger partial charge in [0, 0.05) is 31.2 Å². The Morgan fingerprint density at radius 3 is 3.00 bits per heavy atom. The molecule has 3 nitrogen and oxygen atoms in total. The Kier molecular flexibility index (Phi) is 3.46. The van der Waals surface area contributed by atoms with E-state index in [9.17, 15) is 4.79 Å². The number of rotatable bonds is 3. The highest BCUT2D eigenvalue weighted by Gasteiger charge is 2.24. The van der Waals surface area contributed by atoms with Crippen molar-refractivity contribution in [3.8, 4) is 0 Å². The van der Waals surface area contributed by atoms with Crippen LogP contribution in [0.4, 0.5) is 5.69 Å². The number of carbonyl (C=O) groups excluding carboxylic acids is 1. The SMILES string of the molecule is O=Cc1cccc(Cl)c1N1CCC(CO)C1. The fraction of sp³-hybridized carbons (Fsp3) is 0.417. The second-order valence-electron chi connectivity index (χ2n) is 4.08. The van der Waals surface area contributed by atoms with E-state index in [-0.39, 0.29) is 12.5 Å². The Morgan fingerprint density at radius 2 is 2.38 bits per heavy atom. The highest BCUT2D eigenvalue weighted by Crippen LogP contribution is 2.32. The Balaban J connectivity index is 2.30. The molecule has 1 aliphatic rings. The number of aldehydes is 1. The summed E-state index contributed by atoms with van der Waals surface area (Å²) in [7, 11) is 0. The first-order valence-electron chi connectivity index (χ1n) is 5.35. The van der Waals surface area contributed by atoms with Gasteiger partial charge in [-0.05, 0) is 18.6 Å². The van der Waals surface area contributed by atoms with Crippen molar-refractivity contribution < 1.29 is 9.90 Å². The summed E-state index contributed by atoms with van der Waals surface area (Å²) in [5, 5.41) is 9.70. The van der Waals surface area contributed by atoms with Crippen LogP contribution in [0.3, 0.4) is 0 Å². The summed E-state index contributed by atoms with van der Waals surface area (Å²) >= 11 is 6.12. The Labute approximate surface area is 99.6 Å². The van der Waals surface area contributed by atoms with E-state index in [4.69, 9.17) is 16.7 Å². The number of carbonyl (C=O) groups is 1. The predicted molar refractivity (Wildman–Crippen MR) is 64.2 cm³/mol. The molecule has 1 saturated heterocycles. The van der Waals surface area contributed by atoms with Gasteiger partial charge in [0.2, 0.25) is 0 Å². The van der Waals surface area contributed by atoms with Gasteiger partial charge in [-0.25, -0.2) is 0 Å². The van der Waals surface area contributed by atoms with Gasteiger partial charge in [-0.1, -0.05) is 17.7 Å². The third kappa shape index (κ3) is 2.06. The normalized spacial score (nSPS) is 20.1. The molecule has 1 aromatic rings. The average molecular weight is 240 g/mol. The minimum absolute atomic E-state index is 0.192. The first kappa shape index (κ1) is 11.4. The maximum Gasteiger partial charge on any atom is 0.152 e. The smallest absolute Gasteiger partial charge is 0.152 e. The molecule has 4 heteroatoms. The molecule has 0 amide bonds. The van der Waals surface area contributed by atoms with Crippen molar-refractivity contribution in [2.24, 2.45) is 5.92 Å². The van der Waals surface area contributed by atoms with Gasteiger partial charge in [0.1, 0.15) is 0 Å². The summed E-state index contributed by atoms with van der Waals surface area (Å²) in [5.41, 5.74) is 1.42. The van der Waals surface area contributed by atoms with E-state index in [1.807, 2.05) is 0 Å². The molecular weight excluding hydrogens is 226 g/mol. The summed E-state index contributed by atoms with van der Waals surface area (Å²) < 4.78 is 0. The number of anilines is 1. The minimum Gasteiger partial charge on any atom is -0.396 e. The van der Waals surface area contributed by atoms with Crippen LogP contribution in [0, 0.1) is 5.92 Å². The second kappa shape index (κ2) is 4.85. The molecule has 16 heavy (non-hydrogen) atoms. The van der Waals surface area contributed by atoms with E-state index in [0.717, 1.165) is 31.5 Å². The van der Waals surface area contributed by atoms with Gasteiger partial charge in [-0.15, -0.1) is 0 Å². The fourth-order valence-corrected chi connectivity index (χ4v) is 2.45. The van der Waals surface area contributed by atoms with E-state index < -0.39 is 0 Å². The van der Waals surface area contributed by atoms with Crippen molar-refractivity contribution >= 4 is 23.6 Å². The molecule has 1 atom stereocenters. The number of nitrogens with zero attached hydrogens (tertiary/aromatic N) is 1. The molecule has 2 rings (SSSR count). The molecule has 86 valence electrons. The van der Waals surface area contributed by atoms with Crippen LogP contribution in [-0.2, 0) is 0 Å². The van der Waals surface area contributed by atoms with Crippen LogP contribution < -0.4 is 4.90 Å². The van der Waals surface area contributed by atoms with Crippen molar-refractivity contribution in [1.29, 1.82) is 0 Å². The summed E-state index contributed by atoms with van der Waals surface area (Å²) in [6.45, 7) is 1.80. The van der Waals surface area contributed by atoms with Gasteiger partial charge in [0.25, 0.3) is 0 Å². The lowest BCUT2D eigenvalue weighted by Crippen LogP contribution is -2.22. The first-order valence-corrected chi connectivity index (χ1v) is 5.73. The van der Waals surface area contributed by atoms with E-state index in [1.54, 1.807) is 18.2 Å². The molecule has 1 unspecified atom stereocenters. The lowest BCUT2D eigenvalue weighted by atomic mass is 10.1. The van der Waals surface area contributed by atoms with Gasteiger partial charge in [-0.2, -0.15) is 0 Å². The Morgan fingerprint density at radius 1 is 1.56 bits per heavy atom. The van der Waals surface area contributed by atoms with Gasteiger partial charge in [-0.3, -0.25) is 4.79 Å². The number of para-hydroxylation sites is 1. The van der Waals surface area contributed by atoms with Crippen LogP contribution in [0.15, 0.2) is 18.2 Å². The Bertz CT molecular complexity index is 395. The summed E-state index contributed by atoms with van der Waals surface area (Å²) in [6, 6.07) is 5.33. The molecule has 0 aliphatic carbocycles. The van der Waals surface area contributed by atoms with E-state index in [1.165, 1.54) is 0 Å². The maximum absolute atomic E-state index is 11.0. The molecule has 1 fully saturated rings. The van der Waals surface area contributed by atoms with Gasteiger partial charge >= 0.3 is 0 Å². The number of hydrogen-bond acceptors (Lipinski definition) is 3. The molecule has 1 aromatic carbocycles. The minimum atomic E-state index is 0.192. The molecule has 0 radical (unpaired) electrons. The monoisotopic (exact) mass is 239 g/mol. The molecular formula is C12H14ClNO2. The van der Waals surface area contributed by atoms with Crippen LogP contribution in [0.1, 0.15) is 16.8 Å². The number of benzene rings is 1. The Hall–Kier alpha value is -1.06. The lowest BCUT2D eigenvalue weighted by molar-refractivity contribution is 0.112. The van der Waals surface area contributed by atoms with Crippen LogP contribution in [0.25, 0.3) is 0 Å². The van der Waals surface area contributed by atoms with E-state index >= 15 is 0 Å². The van der Waals surface area contributed by atoms with Crippen molar-refractivity contribution in [3.05, 3.63) is 28.8 Å². The third-order valence-corrected chi connectivity index (χ3v) is 3.31. The third-order valence-electron chi connectivity index (χ3n) is 3.01. The highest BCUT2D eigenvalue weighted by atomic mass is 35.5. The molecule has 0 spiro atoms. The topological polar surface area (TPSA) is 40.5 Å². The van der Waals surface area contributed by atoms with Crippen molar-refractivity contribution in [2.75, 3.05) is 24.6 Å². The van der Waals surface area contributed by atoms with Crippen molar-refractivity contribution in [3.63, 3.8) is 0 Å². The summed E-state index contributed by atoms with van der Waals surface area (Å²) in [5.74, 6) is 0.288. The van der Waals surface area contributed by atoms with E-state index in [0.29, 0.717) is 10.6 Å². The molecule has 0 bridgehead atoms. The number of halogens is 1. The highest BCUT2D eigenvalue weighted by molar-refractivity contribution is 6.33. The number of aliphatic hydroxyl groups excluding tert-OH is 1. The van der Waals surface area contributed by atoms with Crippen LogP contribution in [0.2, 0.25) is 5.02 Å². The lowest BCUT2D eigenvalue weighted by Gasteiger charge is -2.21. The maximum atomic E-state index is 11.0. The molecule has 1 heterocycles. The zero-order valence-corrected chi connectivity index (χ0v) is 9.65. The molecule has 1 N–H and O–H groups in total. The molecule has 0 aromatic heterocycles. The molecule has 0 saturated carbocycles. The van der Waals surface area contributed by atoms with E-state index in [2.05, 4.69) is 4.90 Å². The summed E-state index contributed by atoms with van der Waals surface area (Å²) in [4.78, 5) is 13.0.